The molecule has 20 heavy (non-hydrogen) atoms. The lowest BCUT2D eigenvalue weighted by Gasteiger charge is -2.08. The predicted molar refractivity (Wildman–Crippen MR) is 87.1 cm³/mol. The maximum Gasteiger partial charge on any atom is 0.256 e. The number of hydrogen-bond acceptors (Lipinski definition) is 3. The summed E-state index contributed by atoms with van der Waals surface area (Å²) in [7, 11) is 0. The van der Waals surface area contributed by atoms with E-state index >= 15 is 0 Å². The Balaban J connectivity index is 2.22. The largest absolute Gasteiger partial charge is 0.322 e. The number of rotatable bonds is 2. The number of nitrogens with two attached hydrogens (primary N) is 1. The van der Waals surface area contributed by atoms with E-state index in [0.717, 1.165) is 20.6 Å². The highest BCUT2D eigenvalue weighted by molar-refractivity contribution is 9.11. The standard InChI is InChI=1S/C15H13BrN2OS/c1-10-4-5-11(3-2-6-17)7-13(10)18-15(19)12-8-14(16)20-9-12/h4-5,7-9H,6,17H2,1H3,(H,18,19). The number of nitrogens with one attached hydrogen (secondary N) is 1. The maximum absolute atomic E-state index is 12.1. The number of benzene rings is 1. The third-order valence-electron chi connectivity index (χ3n) is 2.65. The highest BCUT2D eigenvalue weighted by atomic mass is 79.9. The van der Waals surface area contributed by atoms with Crippen LogP contribution in [0.2, 0.25) is 0 Å². The lowest BCUT2D eigenvalue weighted by Crippen LogP contribution is -2.11. The van der Waals surface area contributed by atoms with Gasteiger partial charge in [0.25, 0.3) is 5.91 Å². The van der Waals surface area contributed by atoms with Crippen LogP contribution >= 0.6 is 27.3 Å². The summed E-state index contributed by atoms with van der Waals surface area (Å²) >= 11 is 4.83. The lowest BCUT2D eigenvalue weighted by atomic mass is 10.1. The molecule has 3 N–H and O–H groups in total. The van der Waals surface area contributed by atoms with Gasteiger partial charge in [0.05, 0.1) is 15.9 Å². The highest BCUT2D eigenvalue weighted by Crippen LogP contribution is 2.23. The molecule has 0 fully saturated rings. The lowest BCUT2D eigenvalue weighted by molar-refractivity contribution is 0.102. The fraction of sp³-hybridized carbons (Fsp3) is 0.133. The van der Waals surface area contributed by atoms with Crippen molar-refractivity contribution in [1.82, 2.24) is 0 Å². The van der Waals surface area contributed by atoms with Crippen molar-refractivity contribution < 1.29 is 4.79 Å². The van der Waals surface area contributed by atoms with Crippen LogP contribution in [-0.2, 0) is 0 Å². The Morgan fingerprint density at radius 2 is 2.25 bits per heavy atom. The Labute approximate surface area is 130 Å². The van der Waals surface area contributed by atoms with Gasteiger partial charge in [-0.25, -0.2) is 0 Å². The average molecular weight is 349 g/mol. The van der Waals surface area contributed by atoms with Crippen LogP contribution in [0.15, 0.2) is 33.4 Å². The number of carbonyl (C=O) groups excluding carboxylic acids is 1. The second-order valence-electron chi connectivity index (χ2n) is 4.13. The SMILES string of the molecule is Cc1ccc(C#CCN)cc1NC(=O)c1csc(Br)c1. The van der Waals surface area contributed by atoms with Gasteiger partial charge in [-0.3, -0.25) is 4.79 Å². The average Bonchev–Trinajstić information content (AvgIpc) is 2.86. The van der Waals surface area contributed by atoms with Gasteiger partial charge in [0.15, 0.2) is 0 Å². The molecule has 0 bridgehead atoms. The van der Waals surface area contributed by atoms with Gasteiger partial charge in [0, 0.05) is 16.6 Å². The summed E-state index contributed by atoms with van der Waals surface area (Å²) in [5.74, 6) is 5.63. The van der Waals surface area contributed by atoms with E-state index in [1.54, 1.807) is 6.07 Å². The van der Waals surface area contributed by atoms with Gasteiger partial charge in [-0.2, -0.15) is 0 Å². The van der Waals surface area contributed by atoms with Crippen molar-refractivity contribution >= 4 is 38.9 Å². The van der Waals surface area contributed by atoms with Crippen LogP contribution in [0, 0.1) is 18.8 Å². The Hall–Kier alpha value is -1.61. The van der Waals surface area contributed by atoms with Crippen LogP contribution < -0.4 is 11.1 Å². The van der Waals surface area contributed by atoms with E-state index in [4.69, 9.17) is 5.73 Å². The summed E-state index contributed by atoms with van der Waals surface area (Å²) in [6, 6.07) is 7.50. The molecule has 0 aliphatic rings. The molecule has 1 amide bonds. The van der Waals surface area contributed by atoms with Gasteiger partial charge >= 0.3 is 0 Å². The second-order valence-corrected chi connectivity index (χ2v) is 6.42. The fourth-order valence-corrected chi connectivity index (χ4v) is 2.75. The predicted octanol–water partition coefficient (Wildman–Crippen LogP) is 3.38. The molecule has 1 heterocycles. The molecule has 0 radical (unpaired) electrons. The molecule has 5 heteroatoms. The Kier molecular flexibility index (Phi) is 4.96. The van der Waals surface area contributed by atoms with Crippen LogP contribution in [0.3, 0.4) is 0 Å². The van der Waals surface area contributed by atoms with Crippen LogP contribution in [0.5, 0.6) is 0 Å². The van der Waals surface area contributed by atoms with Gasteiger partial charge in [0.1, 0.15) is 0 Å². The second kappa shape index (κ2) is 6.71. The van der Waals surface area contributed by atoms with Crippen molar-refractivity contribution in [2.45, 2.75) is 6.92 Å². The molecule has 0 atom stereocenters. The molecule has 1 aromatic carbocycles. The molecular formula is C15H13BrN2OS. The van der Waals surface area contributed by atoms with E-state index in [0.29, 0.717) is 12.1 Å². The summed E-state index contributed by atoms with van der Waals surface area (Å²) in [5.41, 5.74) is 8.59. The molecular weight excluding hydrogens is 336 g/mol. The topological polar surface area (TPSA) is 55.1 Å². The number of amides is 1. The minimum Gasteiger partial charge on any atom is -0.322 e. The summed E-state index contributed by atoms with van der Waals surface area (Å²) in [6.07, 6.45) is 0. The molecule has 0 aliphatic heterocycles. The van der Waals surface area contributed by atoms with Crippen molar-refractivity contribution in [3.05, 3.63) is 50.1 Å². The third kappa shape index (κ3) is 3.70. The zero-order valence-corrected chi connectivity index (χ0v) is 13.3. The normalized spacial score (nSPS) is 9.75. The zero-order valence-electron chi connectivity index (χ0n) is 10.9. The minimum absolute atomic E-state index is 0.126. The number of aryl methyl sites for hydroxylation is 1. The van der Waals surface area contributed by atoms with Crippen molar-refractivity contribution in [2.75, 3.05) is 11.9 Å². The van der Waals surface area contributed by atoms with Gasteiger partial charge in [0.2, 0.25) is 0 Å². The molecule has 0 unspecified atom stereocenters. The van der Waals surface area contributed by atoms with Crippen LogP contribution in [0.4, 0.5) is 5.69 Å². The number of anilines is 1. The fourth-order valence-electron chi connectivity index (χ4n) is 1.61. The zero-order chi connectivity index (χ0) is 14.5. The summed E-state index contributed by atoms with van der Waals surface area (Å²) in [5, 5.41) is 4.72. The van der Waals surface area contributed by atoms with Crippen molar-refractivity contribution in [3.63, 3.8) is 0 Å². The van der Waals surface area contributed by atoms with E-state index in [2.05, 4.69) is 33.1 Å². The Morgan fingerprint density at radius 3 is 2.90 bits per heavy atom. The minimum atomic E-state index is -0.126. The number of hydrogen-bond donors (Lipinski definition) is 2. The molecule has 2 aromatic rings. The monoisotopic (exact) mass is 348 g/mol. The molecule has 0 saturated carbocycles. The molecule has 2 rings (SSSR count). The molecule has 0 aliphatic carbocycles. The van der Waals surface area contributed by atoms with E-state index in [9.17, 15) is 4.79 Å². The number of halogens is 1. The van der Waals surface area contributed by atoms with E-state index in [1.165, 1.54) is 11.3 Å². The molecule has 0 spiro atoms. The number of carbonyl (C=O) groups is 1. The van der Waals surface area contributed by atoms with Gasteiger partial charge < -0.3 is 11.1 Å². The quantitative estimate of drug-likeness (QED) is 0.817. The van der Waals surface area contributed by atoms with Gasteiger partial charge in [-0.1, -0.05) is 17.9 Å². The van der Waals surface area contributed by atoms with Crippen molar-refractivity contribution in [1.29, 1.82) is 0 Å². The molecule has 3 nitrogen and oxygen atoms in total. The van der Waals surface area contributed by atoms with E-state index in [1.807, 2.05) is 30.5 Å². The molecule has 102 valence electrons. The van der Waals surface area contributed by atoms with E-state index < -0.39 is 0 Å². The van der Waals surface area contributed by atoms with Crippen LogP contribution in [-0.4, -0.2) is 12.5 Å². The molecule has 0 saturated heterocycles. The van der Waals surface area contributed by atoms with Gasteiger partial charge in [-0.05, 0) is 46.6 Å². The smallest absolute Gasteiger partial charge is 0.256 e. The Morgan fingerprint density at radius 1 is 1.45 bits per heavy atom. The Bertz CT molecular complexity index is 697. The summed E-state index contributed by atoms with van der Waals surface area (Å²) in [6.45, 7) is 2.26. The first kappa shape index (κ1) is 14.8. The van der Waals surface area contributed by atoms with Gasteiger partial charge in [-0.15, -0.1) is 11.3 Å². The van der Waals surface area contributed by atoms with E-state index in [-0.39, 0.29) is 5.91 Å². The summed E-state index contributed by atoms with van der Waals surface area (Å²) in [4.78, 5) is 12.1. The van der Waals surface area contributed by atoms with Crippen molar-refractivity contribution in [2.24, 2.45) is 5.73 Å². The summed E-state index contributed by atoms with van der Waals surface area (Å²) < 4.78 is 0.932. The van der Waals surface area contributed by atoms with Crippen molar-refractivity contribution in [3.8, 4) is 11.8 Å². The first-order valence-electron chi connectivity index (χ1n) is 5.95. The van der Waals surface area contributed by atoms with Crippen LogP contribution in [0.1, 0.15) is 21.5 Å². The first-order chi connectivity index (χ1) is 9.60. The number of thiophene rings is 1. The maximum atomic E-state index is 12.1. The van der Waals surface area contributed by atoms with Crippen LogP contribution in [0.25, 0.3) is 0 Å². The first-order valence-corrected chi connectivity index (χ1v) is 7.62. The molecule has 1 aromatic heterocycles. The third-order valence-corrected chi connectivity index (χ3v) is 4.15. The highest BCUT2D eigenvalue weighted by Gasteiger charge is 2.09.